The van der Waals surface area contributed by atoms with Gasteiger partial charge in [-0.15, -0.1) is 0 Å². The molecular weight excluding hydrogens is 330 g/mol. The minimum Gasteiger partial charge on any atom is -0.497 e. The summed E-state index contributed by atoms with van der Waals surface area (Å²) in [6.07, 6.45) is 4.07. The molecule has 1 fully saturated rings. The van der Waals surface area contributed by atoms with Gasteiger partial charge in [0.1, 0.15) is 17.3 Å². The van der Waals surface area contributed by atoms with Crippen molar-refractivity contribution in [2.24, 2.45) is 5.92 Å². The minimum absolute atomic E-state index is 0.234. The number of benzene rings is 1. The molecule has 0 radical (unpaired) electrons. The summed E-state index contributed by atoms with van der Waals surface area (Å²) < 4.78 is 10.5. The molecule has 6 heteroatoms. The molecule has 1 atom stereocenters. The smallest absolute Gasteiger partial charge is 0.257 e. The molecule has 0 bridgehead atoms. The summed E-state index contributed by atoms with van der Waals surface area (Å²) in [5, 5.41) is 2.86. The van der Waals surface area contributed by atoms with Gasteiger partial charge in [0.2, 0.25) is 0 Å². The van der Waals surface area contributed by atoms with Crippen LogP contribution in [0.5, 0.6) is 11.5 Å². The largest absolute Gasteiger partial charge is 0.497 e. The molecule has 1 aromatic carbocycles. The second-order valence-electron chi connectivity index (χ2n) is 6.62. The summed E-state index contributed by atoms with van der Waals surface area (Å²) in [6.45, 7) is 4.29. The number of amides is 1. The van der Waals surface area contributed by atoms with Crippen LogP contribution < -0.4 is 19.7 Å². The van der Waals surface area contributed by atoms with Gasteiger partial charge >= 0.3 is 0 Å². The minimum atomic E-state index is -0.234. The molecule has 1 N–H and O–H groups in total. The Balaban J connectivity index is 1.72. The van der Waals surface area contributed by atoms with E-state index in [2.05, 4.69) is 22.1 Å². The normalized spacial score (nSPS) is 16.9. The van der Waals surface area contributed by atoms with Crippen LogP contribution in [-0.2, 0) is 0 Å². The molecule has 1 aliphatic heterocycles. The average molecular weight is 355 g/mol. The molecule has 1 aliphatic rings. The number of carbonyl (C=O) groups excluding carboxylic acids is 1. The van der Waals surface area contributed by atoms with Crippen molar-refractivity contribution in [2.75, 3.05) is 37.5 Å². The Morgan fingerprint density at radius 1 is 1.23 bits per heavy atom. The Labute approximate surface area is 154 Å². The topological polar surface area (TPSA) is 63.7 Å². The van der Waals surface area contributed by atoms with Crippen LogP contribution in [0.1, 0.15) is 30.1 Å². The zero-order valence-electron chi connectivity index (χ0n) is 15.5. The molecule has 1 unspecified atom stereocenters. The fraction of sp³-hybridized carbons (Fsp3) is 0.400. The van der Waals surface area contributed by atoms with E-state index in [4.69, 9.17) is 9.47 Å². The molecule has 0 saturated carbocycles. The van der Waals surface area contributed by atoms with E-state index < -0.39 is 0 Å². The number of nitrogens with one attached hydrogen (secondary N) is 1. The van der Waals surface area contributed by atoms with Crippen molar-refractivity contribution in [1.29, 1.82) is 0 Å². The number of carbonyl (C=O) groups is 1. The van der Waals surface area contributed by atoms with Gasteiger partial charge in [-0.2, -0.15) is 0 Å². The van der Waals surface area contributed by atoms with E-state index in [1.807, 2.05) is 12.1 Å². The summed E-state index contributed by atoms with van der Waals surface area (Å²) in [6, 6.07) is 8.99. The van der Waals surface area contributed by atoms with E-state index >= 15 is 0 Å². The highest BCUT2D eigenvalue weighted by atomic mass is 16.5. The molecule has 0 aliphatic carbocycles. The zero-order valence-corrected chi connectivity index (χ0v) is 15.5. The first kappa shape index (κ1) is 18.0. The summed E-state index contributed by atoms with van der Waals surface area (Å²) >= 11 is 0. The van der Waals surface area contributed by atoms with Crippen molar-refractivity contribution in [3.8, 4) is 11.5 Å². The fourth-order valence-electron chi connectivity index (χ4n) is 3.21. The number of piperidine rings is 1. The summed E-state index contributed by atoms with van der Waals surface area (Å²) in [5.74, 6) is 2.59. The number of rotatable bonds is 5. The lowest BCUT2D eigenvalue weighted by atomic mass is 10.0. The van der Waals surface area contributed by atoms with Crippen molar-refractivity contribution in [1.82, 2.24) is 4.98 Å². The Hall–Kier alpha value is -2.76. The van der Waals surface area contributed by atoms with Crippen molar-refractivity contribution in [3.05, 3.63) is 42.1 Å². The monoisotopic (exact) mass is 355 g/mol. The first-order valence-electron chi connectivity index (χ1n) is 8.85. The van der Waals surface area contributed by atoms with Crippen LogP contribution in [0.2, 0.25) is 0 Å². The van der Waals surface area contributed by atoms with E-state index in [9.17, 15) is 4.79 Å². The van der Waals surface area contributed by atoms with E-state index in [-0.39, 0.29) is 5.91 Å². The van der Waals surface area contributed by atoms with Gasteiger partial charge in [-0.05, 0) is 43.0 Å². The van der Waals surface area contributed by atoms with Gasteiger partial charge in [0.05, 0.1) is 25.5 Å². The second kappa shape index (κ2) is 8.08. The van der Waals surface area contributed by atoms with Crippen LogP contribution in [0.4, 0.5) is 11.5 Å². The van der Waals surface area contributed by atoms with Gasteiger partial charge in [0.15, 0.2) is 0 Å². The molecule has 1 saturated heterocycles. The number of hydrogen-bond acceptors (Lipinski definition) is 5. The third-order valence-electron chi connectivity index (χ3n) is 4.65. The highest BCUT2D eigenvalue weighted by molar-refractivity contribution is 6.05. The van der Waals surface area contributed by atoms with Crippen molar-refractivity contribution >= 4 is 17.4 Å². The highest BCUT2D eigenvalue weighted by Crippen LogP contribution is 2.29. The van der Waals surface area contributed by atoms with E-state index in [0.717, 1.165) is 18.9 Å². The van der Waals surface area contributed by atoms with Gasteiger partial charge in [-0.3, -0.25) is 4.79 Å². The summed E-state index contributed by atoms with van der Waals surface area (Å²) in [4.78, 5) is 19.3. The third kappa shape index (κ3) is 4.07. The van der Waals surface area contributed by atoms with Crippen LogP contribution in [-0.4, -0.2) is 38.2 Å². The van der Waals surface area contributed by atoms with Crippen molar-refractivity contribution in [2.45, 2.75) is 19.8 Å². The molecule has 3 rings (SSSR count). The maximum absolute atomic E-state index is 12.6. The van der Waals surface area contributed by atoms with Gasteiger partial charge in [0, 0.05) is 25.4 Å². The lowest BCUT2D eigenvalue weighted by Gasteiger charge is -2.31. The van der Waals surface area contributed by atoms with Crippen LogP contribution in [0.3, 0.4) is 0 Å². The Morgan fingerprint density at radius 2 is 2.08 bits per heavy atom. The Morgan fingerprint density at radius 3 is 2.73 bits per heavy atom. The van der Waals surface area contributed by atoms with Gasteiger partial charge in [-0.25, -0.2) is 4.98 Å². The maximum Gasteiger partial charge on any atom is 0.257 e. The van der Waals surface area contributed by atoms with Crippen molar-refractivity contribution in [3.63, 3.8) is 0 Å². The number of hydrogen-bond donors (Lipinski definition) is 1. The molecule has 1 aromatic heterocycles. The lowest BCUT2D eigenvalue weighted by Crippen LogP contribution is -2.34. The molecule has 2 aromatic rings. The van der Waals surface area contributed by atoms with Gasteiger partial charge in [0.25, 0.3) is 5.91 Å². The molecule has 6 nitrogen and oxygen atoms in total. The SMILES string of the molecule is COc1ccc(OC)c(NC(=O)c2ccc(N3CCCC(C)C3)nc2)c1. The first-order chi connectivity index (χ1) is 12.6. The lowest BCUT2D eigenvalue weighted by molar-refractivity contribution is 0.102. The number of methoxy groups -OCH3 is 2. The quantitative estimate of drug-likeness (QED) is 0.888. The van der Waals surface area contributed by atoms with E-state index in [0.29, 0.717) is 28.7 Å². The van der Waals surface area contributed by atoms with Gasteiger partial charge in [-0.1, -0.05) is 6.92 Å². The summed E-state index contributed by atoms with van der Waals surface area (Å²) in [7, 11) is 3.14. The van der Waals surface area contributed by atoms with E-state index in [1.165, 1.54) is 12.8 Å². The fourth-order valence-corrected chi connectivity index (χ4v) is 3.21. The highest BCUT2D eigenvalue weighted by Gasteiger charge is 2.18. The number of aromatic nitrogens is 1. The molecule has 138 valence electrons. The van der Waals surface area contributed by atoms with Crippen molar-refractivity contribution < 1.29 is 14.3 Å². The van der Waals surface area contributed by atoms with Gasteiger partial charge < -0.3 is 19.7 Å². The number of ether oxygens (including phenoxy) is 2. The van der Waals surface area contributed by atoms with Crippen LogP contribution in [0, 0.1) is 5.92 Å². The number of anilines is 2. The second-order valence-corrected chi connectivity index (χ2v) is 6.62. The predicted molar refractivity (Wildman–Crippen MR) is 102 cm³/mol. The molecule has 0 spiro atoms. The number of nitrogens with zero attached hydrogens (tertiary/aromatic N) is 2. The standard InChI is InChI=1S/C20H25N3O3/c1-14-5-4-10-23(13-14)19-9-6-15(12-21-19)20(24)22-17-11-16(25-2)7-8-18(17)26-3/h6-9,11-12,14H,4-5,10,13H2,1-3H3,(H,22,24). The third-order valence-corrected chi connectivity index (χ3v) is 4.65. The molecule has 2 heterocycles. The Kier molecular flexibility index (Phi) is 5.61. The molecular formula is C20H25N3O3. The van der Waals surface area contributed by atoms with Crippen LogP contribution in [0.15, 0.2) is 36.5 Å². The van der Waals surface area contributed by atoms with Crippen LogP contribution in [0.25, 0.3) is 0 Å². The number of pyridine rings is 1. The Bertz CT molecular complexity index is 761. The molecule has 26 heavy (non-hydrogen) atoms. The van der Waals surface area contributed by atoms with E-state index in [1.54, 1.807) is 38.6 Å². The van der Waals surface area contributed by atoms with Crippen LogP contribution >= 0.6 is 0 Å². The first-order valence-corrected chi connectivity index (χ1v) is 8.85. The predicted octanol–water partition coefficient (Wildman–Crippen LogP) is 3.59. The summed E-state index contributed by atoms with van der Waals surface area (Å²) in [5.41, 5.74) is 1.06. The molecule has 1 amide bonds. The zero-order chi connectivity index (χ0) is 18.5. The maximum atomic E-state index is 12.6. The average Bonchev–Trinajstić information content (AvgIpc) is 2.68.